The van der Waals surface area contributed by atoms with Crippen LogP contribution in [-0.2, 0) is 6.42 Å². The van der Waals surface area contributed by atoms with Crippen LogP contribution in [0.5, 0.6) is 0 Å². The molecule has 3 rings (SSSR count). The SMILES string of the molecule is O=C(c1ccc(F)cc1)N1CCN(CCc2cccc(Cl)c2)CC1. The minimum absolute atomic E-state index is 0.0236. The predicted octanol–water partition coefficient (Wildman–Crippen LogP) is 3.48. The molecule has 0 aromatic heterocycles. The van der Waals surface area contributed by atoms with Crippen LogP contribution in [0.25, 0.3) is 0 Å². The monoisotopic (exact) mass is 346 g/mol. The zero-order valence-electron chi connectivity index (χ0n) is 13.4. The first-order valence-electron chi connectivity index (χ1n) is 8.13. The number of carbonyl (C=O) groups excluding carboxylic acids is 1. The van der Waals surface area contributed by atoms with E-state index in [0.717, 1.165) is 31.1 Å². The zero-order chi connectivity index (χ0) is 16.9. The summed E-state index contributed by atoms with van der Waals surface area (Å²) in [6.07, 6.45) is 0.951. The quantitative estimate of drug-likeness (QED) is 0.846. The van der Waals surface area contributed by atoms with E-state index in [0.29, 0.717) is 18.7 Å². The number of nitrogens with zero attached hydrogens (tertiary/aromatic N) is 2. The van der Waals surface area contributed by atoms with Gasteiger partial charge >= 0.3 is 0 Å². The van der Waals surface area contributed by atoms with Gasteiger partial charge in [-0.3, -0.25) is 9.69 Å². The predicted molar refractivity (Wildman–Crippen MR) is 93.9 cm³/mol. The average Bonchev–Trinajstić information content (AvgIpc) is 2.61. The van der Waals surface area contributed by atoms with Gasteiger partial charge in [0.15, 0.2) is 0 Å². The second kappa shape index (κ2) is 7.77. The Balaban J connectivity index is 1.48. The van der Waals surface area contributed by atoms with Crippen LogP contribution >= 0.6 is 11.6 Å². The Bertz CT molecular complexity index is 697. The number of halogens is 2. The molecule has 2 aromatic carbocycles. The molecule has 1 saturated heterocycles. The fraction of sp³-hybridized carbons (Fsp3) is 0.316. The van der Waals surface area contributed by atoms with Crippen LogP contribution < -0.4 is 0 Å². The highest BCUT2D eigenvalue weighted by Gasteiger charge is 2.21. The summed E-state index contributed by atoms with van der Waals surface area (Å²) in [5.74, 6) is -0.345. The standard InChI is InChI=1S/C19H20ClFN2O/c20-17-3-1-2-15(14-17)8-9-22-10-12-23(13-11-22)19(24)16-4-6-18(21)7-5-16/h1-7,14H,8-13H2. The molecule has 1 aliphatic heterocycles. The second-order valence-corrected chi connectivity index (χ2v) is 6.46. The van der Waals surface area contributed by atoms with Crippen LogP contribution in [0.4, 0.5) is 4.39 Å². The van der Waals surface area contributed by atoms with Crippen molar-refractivity contribution in [2.24, 2.45) is 0 Å². The number of hydrogen-bond acceptors (Lipinski definition) is 2. The molecule has 1 fully saturated rings. The van der Waals surface area contributed by atoms with Crippen molar-refractivity contribution < 1.29 is 9.18 Å². The van der Waals surface area contributed by atoms with Crippen molar-refractivity contribution in [1.29, 1.82) is 0 Å². The maximum Gasteiger partial charge on any atom is 0.253 e. The smallest absolute Gasteiger partial charge is 0.253 e. The van der Waals surface area contributed by atoms with Crippen molar-refractivity contribution in [1.82, 2.24) is 9.80 Å². The summed E-state index contributed by atoms with van der Waals surface area (Å²) in [4.78, 5) is 16.6. The van der Waals surface area contributed by atoms with Gasteiger partial charge in [-0.15, -0.1) is 0 Å². The molecule has 0 radical (unpaired) electrons. The van der Waals surface area contributed by atoms with Gasteiger partial charge in [-0.1, -0.05) is 23.7 Å². The van der Waals surface area contributed by atoms with Crippen LogP contribution in [0, 0.1) is 5.82 Å². The Morgan fingerprint density at radius 1 is 1.04 bits per heavy atom. The van der Waals surface area contributed by atoms with Crippen molar-refractivity contribution in [2.75, 3.05) is 32.7 Å². The van der Waals surface area contributed by atoms with Crippen LogP contribution in [0.1, 0.15) is 15.9 Å². The van der Waals surface area contributed by atoms with Crippen LogP contribution in [-0.4, -0.2) is 48.4 Å². The molecule has 126 valence electrons. The zero-order valence-corrected chi connectivity index (χ0v) is 14.2. The molecular formula is C19H20ClFN2O. The van der Waals surface area contributed by atoms with Crippen molar-refractivity contribution in [3.63, 3.8) is 0 Å². The number of carbonyl (C=O) groups is 1. The number of hydrogen-bond donors (Lipinski definition) is 0. The van der Waals surface area contributed by atoms with Gasteiger partial charge in [0.1, 0.15) is 5.82 Å². The van der Waals surface area contributed by atoms with E-state index in [4.69, 9.17) is 11.6 Å². The third-order valence-corrected chi connectivity index (χ3v) is 4.59. The lowest BCUT2D eigenvalue weighted by Gasteiger charge is -2.34. The number of amides is 1. The van der Waals surface area contributed by atoms with E-state index in [1.807, 2.05) is 23.1 Å². The molecule has 5 heteroatoms. The highest BCUT2D eigenvalue weighted by atomic mass is 35.5. The van der Waals surface area contributed by atoms with Gasteiger partial charge in [0, 0.05) is 43.3 Å². The summed E-state index contributed by atoms with van der Waals surface area (Å²) < 4.78 is 13.0. The van der Waals surface area contributed by atoms with Gasteiger partial charge in [-0.2, -0.15) is 0 Å². The molecule has 1 heterocycles. The number of benzene rings is 2. The Labute approximate surface area is 146 Å². The molecule has 0 aliphatic carbocycles. The van der Waals surface area contributed by atoms with Crippen LogP contribution in [0.15, 0.2) is 48.5 Å². The van der Waals surface area contributed by atoms with Gasteiger partial charge in [0.05, 0.1) is 0 Å². The Morgan fingerprint density at radius 2 is 1.75 bits per heavy atom. The van der Waals surface area contributed by atoms with Crippen LogP contribution in [0.2, 0.25) is 5.02 Å². The summed E-state index contributed by atoms with van der Waals surface area (Å²) >= 11 is 6.01. The Kier molecular flexibility index (Phi) is 5.48. The van der Waals surface area contributed by atoms with E-state index in [1.54, 1.807) is 12.1 Å². The van der Waals surface area contributed by atoms with Crippen LogP contribution in [0.3, 0.4) is 0 Å². The Morgan fingerprint density at radius 3 is 2.42 bits per heavy atom. The molecule has 1 aliphatic rings. The summed E-state index contributed by atoms with van der Waals surface area (Å²) in [7, 11) is 0. The first-order valence-corrected chi connectivity index (χ1v) is 8.51. The topological polar surface area (TPSA) is 23.6 Å². The van der Waals surface area contributed by atoms with Gasteiger partial charge in [-0.05, 0) is 48.4 Å². The first kappa shape index (κ1) is 16.9. The molecule has 1 amide bonds. The lowest BCUT2D eigenvalue weighted by atomic mass is 10.1. The summed E-state index contributed by atoms with van der Waals surface area (Å²) in [6.45, 7) is 4.07. The molecule has 0 bridgehead atoms. The molecule has 3 nitrogen and oxygen atoms in total. The maximum atomic E-state index is 13.0. The largest absolute Gasteiger partial charge is 0.336 e. The Hall–Kier alpha value is -1.91. The average molecular weight is 347 g/mol. The molecule has 0 spiro atoms. The summed E-state index contributed by atoms with van der Waals surface area (Å²) in [5.41, 5.74) is 1.77. The van der Waals surface area contributed by atoms with E-state index in [-0.39, 0.29) is 11.7 Å². The fourth-order valence-electron chi connectivity index (χ4n) is 2.93. The molecule has 2 aromatic rings. The molecule has 0 N–H and O–H groups in total. The lowest BCUT2D eigenvalue weighted by Crippen LogP contribution is -2.49. The highest BCUT2D eigenvalue weighted by molar-refractivity contribution is 6.30. The fourth-order valence-corrected chi connectivity index (χ4v) is 3.14. The van der Waals surface area contributed by atoms with Crippen molar-refractivity contribution in [3.05, 3.63) is 70.5 Å². The van der Waals surface area contributed by atoms with Crippen molar-refractivity contribution in [2.45, 2.75) is 6.42 Å². The molecule has 24 heavy (non-hydrogen) atoms. The van der Waals surface area contributed by atoms with Gasteiger partial charge in [0.25, 0.3) is 5.91 Å². The first-order chi connectivity index (χ1) is 11.6. The second-order valence-electron chi connectivity index (χ2n) is 6.02. The normalized spacial score (nSPS) is 15.5. The minimum Gasteiger partial charge on any atom is -0.336 e. The lowest BCUT2D eigenvalue weighted by molar-refractivity contribution is 0.0638. The minimum atomic E-state index is -0.322. The van der Waals surface area contributed by atoms with Crippen molar-refractivity contribution >= 4 is 17.5 Å². The van der Waals surface area contributed by atoms with Gasteiger partial charge in [-0.25, -0.2) is 4.39 Å². The van der Waals surface area contributed by atoms with E-state index >= 15 is 0 Å². The third kappa shape index (κ3) is 4.34. The maximum absolute atomic E-state index is 13.0. The number of rotatable bonds is 4. The van der Waals surface area contributed by atoms with E-state index in [2.05, 4.69) is 11.0 Å². The molecule has 0 atom stereocenters. The summed E-state index contributed by atoms with van der Waals surface area (Å²) in [6, 6.07) is 13.7. The van der Waals surface area contributed by atoms with E-state index in [9.17, 15) is 9.18 Å². The van der Waals surface area contributed by atoms with Crippen molar-refractivity contribution in [3.8, 4) is 0 Å². The van der Waals surface area contributed by atoms with E-state index in [1.165, 1.54) is 17.7 Å². The van der Waals surface area contributed by atoms with E-state index < -0.39 is 0 Å². The van der Waals surface area contributed by atoms with Gasteiger partial charge in [0.2, 0.25) is 0 Å². The number of piperazine rings is 1. The van der Waals surface area contributed by atoms with Gasteiger partial charge < -0.3 is 4.90 Å². The summed E-state index contributed by atoms with van der Waals surface area (Å²) in [5, 5.41) is 0.766. The third-order valence-electron chi connectivity index (χ3n) is 4.36. The molecule has 0 saturated carbocycles. The molecular weight excluding hydrogens is 327 g/mol. The molecule has 0 unspecified atom stereocenters. The highest BCUT2D eigenvalue weighted by Crippen LogP contribution is 2.13.